The van der Waals surface area contributed by atoms with E-state index in [0.29, 0.717) is 12.1 Å². The highest BCUT2D eigenvalue weighted by Crippen LogP contribution is 2.35. The smallest absolute Gasteiger partial charge is 0.456 e. The third-order valence-electron chi connectivity index (χ3n) is 1.99. The molecule has 0 aliphatic rings. The van der Waals surface area contributed by atoms with E-state index in [1.54, 1.807) is 0 Å². The lowest BCUT2D eigenvalue weighted by Crippen LogP contribution is -2.41. The molecule has 7 heteroatoms. The normalized spacial score (nSPS) is 12.6. The van der Waals surface area contributed by atoms with Gasteiger partial charge in [0.1, 0.15) is 5.75 Å². The zero-order valence-electron chi connectivity index (χ0n) is 8.89. The zero-order valence-corrected chi connectivity index (χ0v) is 8.89. The first kappa shape index (κ1) is 13.7. The monoisotopic (exact) mass is 255 g/mol. The lowest BCUT2D eigenvalue weighted by atomic mass is 10.3. The Bertz CT molecular complexity index is 360. The molecule has 1 aromatic rings. The molecule has 0 spiro atoms. The van der Waals surface area contributed by atoms with Crippen molar-refractivity contribution in [3.8, 4) is 5.75 Å². The van der Waals surface area contributed by atoms with Crippen molar-refractivity contribution in [2.75, 3.05) is 6.61 Å². The second kappa shape index (κ2) is 4.85. The van der Waals surface area contributed by atoms with Crippen LogP contribution in [0.1, 0.15) is 12.6 Å². The van der Waals surface area contributed by atoms with E-state index in [2.05, 4.69) is 9.72 Å². The molecule has 0 amide bonds. The third-order valence-corrected chi connectivity index (χ3v) is 1.99. The van der Waals surface area contributed by atoms with E-state index < -0.39 is 18.7 Å². The van der Waals surface area contributed by atoms with E-state index in [1.165, 1.54) is 12.1 Å². The molecule has 1 heterocycles. The number of hydrogen-bond acceptors (Lipinski definition) is 2. The van der Waals surface area contributed by atoms with Crippen LogP contribution in [0.2, 0.25) is 0 Å². The summed E-state index contributed by atoms with van der Waals surface area (Å²) in [6.45, 7) is 0.0876. The summed E-state index contributed by atoms with van der Waals surface area (Å²) in [7, 11) is 0. The number of pyridine rings is 1. The van der Waals surface area contributed by atoms with E-state index in [9.17, 15) is 22.0 Å². The Kier molecular flexibility index (Phi) is 3.90. The highest BCUT2D eigenvalue weighted by molar-refractivity contribution is 5.19. The lowest BCUT2D eigenvalue weighted by Gasteiger charge is -2.19. The SMILES string of the molecule is CCc1ccc(OCC(F)(F)C(F)(F)F)cn1. The van der Waals surface area contributed by atoms with Gasteiger partial charge in [-0.25, -0.2) is 0 Å². The molecule has 0 aromatic carbocycles. The summed E-state index contributed by atoms with van der Waals surface area (Å²) in [6, 6.07) is 2.80. The van der Waals surface area contributed by atoms with E-state index in [-0.39, 0.29) is 5.75 Å². The number of alkyl halides is 5. The molecule has 0 unspecified atom stereocenters. The van der Waals surface area contributed by atoms with Gasteiger partial charge in [-0.3, -0.25) is 4.98 Å². The minimum atomic E-state index is -5.61. The number of ether oxygens (including phenoxy) is 1. The van der Waals surface area contributed by atoms with Crippen molar-refractivity contribution >= 4 is 0 Å². The minimum absolute atomic E-state index is 0.119. The average molecular weight is 255 g/mol. The van der Waals surface area contributed by atoms with E-state index in [0.717, 1.165) is 6.20 Å². The number of halogens is 5. The summed E-state index contributed by atoms with van der Waals surface area (Å²) in [4.78, 5) is 3.81. The van der Waals surface area contributed by atoms with Crippen LogP contribution in [0.25, 0.3) is 0 Å². The largest absolute Gasteiger partial charge is 0.485 e. The maximum atomic E-state index is 12.5. The Labute approximate surface area is 94.4 Å². The molecule has 0 atom stereocenters. The Morgan fingerprint density at radius 1 is 1.18 bits per heavy atom. The van der Waals surface area contributed by atoms with Gasteiger partial charge in [-0.1, -0.05) is 6.92 Å². The van der Waals surface area contributed by atoms with Crippen LogP contribution < -0.4 is 4.74 Å². The van der Waals surface area contributed by atoms with Gasteiger partial charge in [-0.15, -0.1) is 0 Å². The van der Waals surface area contributed by atoms with Crippen LogP contribution in [0.5, 0.6) is 5.75 Å². The first-order chi connectivity index (χ1) is 7.76. The van der Waals surface area contributed by atoms with Crippen molar-refractivity contribution in [2.45, 2.75) is 25.4 Å². The molecule has 1 aromatic heterocycles. The van der Waals surface area contributed by atoms with Crippen molar-refractivity contribution in [3.05, 3.63) is 24.0 Å². The first-order valence-corrected chi connectivity index (χ1v) is 4.78. The standard InChI is InChI=1S/C10H10F5NO/c1-2-7-3-4-8(5-16-7)17-6-9(11,12)10(13,14)15/h3-5H,2,6H2,1H3. The first-order valence-electron chi connectivity index (χ1n) is 4.78. The topological polar surface area (TPSA) is 22.1 Å². The van der Waals surface area contributed by atoms with Gasteiger partial charge in [0, 0.05) is 5.69 Å². The number of aromatic nitrogens is 1. The van der Waals surface area contributed by atoms with Gasteiger partial charge in [0.25, 0.3) is 0 Å². The molecule has 96 valence electrons. The summed E-state index contributed by atoms with van der Waals surface area (Å²) in [6.07, 6.45) is -3.85. The summed E-state index contributed by atoms with van der Waals surface area (Å²) in [5.41, 5.74) is 0.694. The fourth-order valence-electron chi connectivity index (χ4n) is 0.961. The molecule has 0 saturated carbocycles. The predicted molar refractivity (Wildman–Crippen MR) is 50.1 cm³/mol. The van der Waals surface area contributed by atoms with Gasteiger partial charge >= 0.3 is 12.1 Å². The lowest BCUT2D eigenvalue weighted by molar-refractivity contribution is -0.290. The summed E-state index contributed by atoms with van der Waals surface area (Å²) < 4.78 is 64.8. The third kappa shape index (κ3) is 3.54. The molecular formula is C10H10F5NO. The molecule has 0 saturated heterocycles. The Morgan fingerprint density at radius 3 is 2.24 bits per heavy atom. The van der Waals surface area contributed by atoms with Gasteiger partial charge in [0.2, 0.25) is 0 Å². The zero-order chi connectivity index (χ0) is 13.1. The van der Waals surface area contributed by atoms with Gasteiger partial charge in [-0.2, -0.15) is 22.0 Å². The van der Waals surface area contributed by atoms with Crippen LogP contribution in [0.3, 0.4) is 0 Å². The Morgan fingerprint density at radius 2 is 1.82 bits per heavy atom. The maximum absolute atomic E-state index is 12.5. The van der Waals surface area contributed by atoms with Crippen molar-refractivity contribution in [1.82, 2.24) is 4.98 Å². The van der Waals surface area contributed by atoms with Crippen LogP contribution in [0, 0.1) is 0 Å². The quantitative estimate of drug-likeness (QED) is 0.770. The molecule has 0 bridgehead atoms. The second-order valence-electron chi connectivity index (χ2n) is 3.33. The van der Waals surface area contributed by atoms with Crippen LogP contribution in [0.15, 0.2) is 18.3 Å². The van der Waals surface area contributed by atoms with Gasteiger partial charge in [0.15, 0.2) is 6.61 Å². The average Bonchev–Trinajstić information content (AvgIpc) is 2.25. The molecule has 0 aliphatic carbocycles. The van der Waals surface area contributed by atoms with Gasteiger partial charge in [0.05, 0.1) is 6.20 Å². The van der Waals surface area contributed by atoms with Gasteiger partial charge in [-0.05, 0) is 18.6 Å². The molecule has 17 heavy (non-hydrogen) atoms. The molecule has 0 fully saturated rings. The number of rotatable bonds is 4. The van der Waals surface area contributed by atoms with Crippen molar-refractivity contribution in [2.24, 2.45) is 0 Å². The van der Waals surface area contributed by atoms with E-state index in [4.69, 9.17) is 0 Å². The second-order valence-corrected chi connectivity index (χ2v) is 3.33. The van der Waals surface area contributed by atoms with Gasteiger partial charge < -0.3 is 4.74 Å². The van der Waals surface area contributed by atoms with Crippen LogP contribution in [0.4, 0.5) is 22.0 Å². The Hall–Kier alpha value is -1.40. The van der Waals surface area contributed by atoms with Crippen molar-refractivity contribution in [3.63, 3.8) is 0 Å². The van der Waals surface area contributed by atoms with Crippen LogP contribution in [-0.4, -0.2) is 23.7 Å². The van der Waals surface area contributed by atoms with Crippen molar-refractivity contribution < 1.29 is 26.7 Å². The van der Waals surface area contributed by atoms with Crippen LogP contribution in [-0.2, 0) is 6.42 Å². The number of hydrogen-bond donors (Lipinski definition) is 0. The number of nitrogens with zero attached hydrogens (tertiary/aromatic N) is 1. The summed E-state index contributed by atoms with van der Waals surface area (Å²) in [5, 5.41) is 0. The van der Waals surface area contributed by atoms with Crippen molar-refractivity contribution in [1.29, 1.82) is 0 Å². The molecular weight excluding hydrogens is 245 g/mol. The van der Waals surface area contributed by atoms with Crippen LogP contribution >= 0.6 is 0 Å². The molecule has 2 nitrogen and oxygen atoms in total. The fourth-order valence-corrected chi connectivity index (χ4v) is 0.961. The molecule has 0 radical (unpaired) electrons. The molecule has 0 N–H and O–H groups in total. The number of aryl methyl sites for hydroxylation is 1. The van der Waals surface area contributed by atoms with E-state index in [1.807, 2.05) is 6.92 Å². The van der Waals surface area contributed by atoms with E-state index >= 15 is 0 Å². The maximum Gasteiger partial charge on any atom is 0.456 e. The summed E-state index contributed by atoms with van der Waals surface area (Å²) >= 11 is 0. The molecule has 1 rings (SSSR count). The Balaban J connectivity index is 2.61. The fraction of sp³-hybridized carbons (Fsp3) is 0.500. The highest BCUT2D eigenvalue weighted by Gasteiger charge is 2.58. The summed E-state index contributed by atoms with van der Waals surface area (Å²) in [5.74, 6) is -4.98. The highest BCUT2D eigenvalue weighted by atomic mass is 19.4. The predicted octanol–water partition coefficient (Wildman–Crippen LogP) is 3.22. The molecule has 0 aliphatic heterocycles. The minimum Gasteiger partial charge on any atom is -0.485 e.